The molecule has 0 spiro atoms. The van der Waals surface area contributed by atoms with Crippen molar-refractivity contribution in [2.24, 2.45) is 0 Å². The van der Waals surface area contributed by atoms with Gasteiger partial charge in [0, 0.05) is 25.8 Å². The molecule has 0 bridgehead atoms. The van der Waals surface area contributed by atoms with Gasteiger partial charge in [-0.1, -0.05) is 0 Å². The number of ether oxygens (including phenoxy) is 2. The Kier molecular flexibility index (Phi) is 5.84. The van der Waals surface area contributed by atoms with Gasteiger partial charge >= 0.3 is 0 Å². The maximum Gasteiger partial charge on any atom is 0.158 e. The predicted molar refractivity (Wildman–Crippen MR) is 71.6 cm³/mol. The van der Waals surface area contributed by atoms with Crippen molar-refractivity contribution in [1.29, 1.82) is 0 Å². The van der Waals surface area contributed by atoms with Crippen molar-refractivity contribution in [3.05, 3.63) is 23.8 Å². The monoisotopic (exact) mass is 288 g/mol. The molecule has 0 aliphatic rings. The van der Waals surface area contributed by atoms with Gasteiger partial charge < -0.3 is 9.47 Å². The van der Waals surface area contributed by atoms with Crippen LogP contribution in [0.3, 0.4) is 0 Å². The molecular formula is C12H20N2O4S. The lowest BCUT2D eigenvalue weighted by atomic mass is 10.2. The topological polar surface area (TPSA) is 78.4 Å². The highest BCUT2D eigenvalue weighted by atomic mass is 32.2. The Morgan fingerprint density at radius 1 is 1.26 bits per heavy atom. The summed E-state index contributed by atoms with van der Waals surface area (Å²) in [6, 6.07) is 0. The Bertz CT molecular complexity index is 487. The Morgan fingerprint density at radius 3 is 2.32 bits per heavy atom. The largest absolute Gasteiger partial charge is 0.382 e. The van der Waals surface area contributed by atoms with Gasteiger partial charge in [0.2, 0.25) is 0 Å². The fourth-order valence-electron chi connectivity index (χ4n) is 1.45. The standard InChI is InChI=1S/C12H20N2O4S/c1-9-7-13-12(14-8-9)11(18-6-5-17-3)10(2)19(4,15)16/h7-8,10-11H,5-6H2,1-4H3/t10-,11-/m0/s1. The second-order valence-electron chi connectivity index (χ2n) is 4.44. The van der Waals surface area contributed by atoms with Crippen molar-refractivity contribution in [3.8, 4) is 0 Å². The zero-order valence-electron chi connectivity index (χ0n) is 11.7. The molecule has 0 aromatic carbocycles. The van der Waals surface area contributed by atoms with Gasteiger partial charge in [-0.3, -0.25) is 0 Å². The van der Waals surface area contributed by atoms with Crippen LogP contribution in [0.25, 0.3) is 0 Å². The van der Waals surface area contributed by atoms with E-state index >= 15 is 0 Å². The number of aryl methyl sites for hydroxylation is 1. The maximum atomic E-state index is 11.7. The van der Waals surface area contributed by atoms with Crippen LogP contribution in [0.5, 0.6) is 0 Å². The molecule has 1 rings (SSSR count). The molecule has 6 nitrogen and oxygen atoms in total. The molecule has 1 aromatic rings. The third kappa shape index (κ3) is 4.85. The minimum absolute atomic E-state index is 0.290. The summed E-state index contributed by atoms with van der Waals surface area (Å²) >= 11 is 0. The molecule has 0 saturated heterocycles. The van der Waals surface area contributed by atoms with Crippen LogP contribution in [0.15, 0.2) is 12.4 Å². The normalized spacial score (nSPS) is 15.2. The molecule has 0 aliphatic carbocycles. The van der Waals surface area contributed by atoms with Crippen molar-refractivity contribution in [3.63, 3.8) is 0 Å². The Balaban J connectivity index is 2.94. The molecule has 1 aromatic heterocycles. The average molecular weight is 288 g/mol. The fourth-order valence-corrected chi connectivity index (χ4v) is 2.10. The number of aromatic nitrogens is 2. The van der Waals surface area contributed by atoms with Gasteiger partial charge in [0.25, 0.3) is 0 Å². The van der Waals surface area contributed by atoms with Gasteiger partial charge in [0.15, 0.2) is 15.7 Å². The highest BCUT2D eigenvalue weighted by molar-refractivity contribution is 7.91. The van der Waals surface area contributed by atoms with E-state index in [0.717, 1.165) is 5.56 Å². The number of hydrogen-bond acceptors (Lipinski definition) is 6. The molecule has 2 atom stereocenters. The molecule has 0 amide bonds. The number of hydrogen-bond donors (Lipinski definition) is 0. The van der Waals surface area contributed by atoms with E-state index in [0.29, 0.717) is 12.4 Å². The van der Waals surface area contributed by atoms with Crippen LogP contribution in [-0.2, 0) is 19.3 Å². The van der Waals surface area contributed by atoms with E-state index in [1.54, 1.807) is 26.4 Å². The van der Waals surface area contributed by atoms with Gasteiger partial charge in [-0.25, -0.2) is 18.4 Å². The zero-order chi connectivity index (χ0) is 14.5. The van der Waals surface area contributed by atoms with Crippen LogP contribution >= 0.6 is 0 Å². The molecule has 0 radical (unpaired) electrons. The second-order valence-corrected chi connectivity index (χ2v) is 6.84. The molecule has 0 N–H and O–H groups in total. The van der Waals surface area contributed by atoms with Gasteiger partial charge in [0.1, 0.15) is 6.10 Å². The van der Waals surface area contributed by atoms with Gasteiger partial charge in [-0.15, -0.1) is 0 Å². The van der Waals surface area contributed by atoms with Gasteiger partial charge in [0.05, 0.1) is 18.5 Å². The van der Waals surface area contributed by atoms with Crippen molar-refractivity contribution in [2.45, 2.75) is 25.2 Å². The molecule has 7 heteroatoms. The predicted octanol–water partition coefficient (Wildman–Crippen LogP) is 0.922. The summed E-state index contributed by atoms with van der Waals surface area (Å²) in [5.41, 5.74) is 0.909. The van der Waals surface area contributed by atoms with Gasteiger partial charge in [-0.05, 0) is 19.4 Å². The smallest absolute Gasteiger partial charge is 0.158 e. The third-order valence-electron chi connectivity index (χ3n) is 2.74. The van der Waals surface area contributed by atoms with E-state index in [2.05, 4.69) is 9.97 Å². The SMILES string of the molecule is COCCO[C@H](c1ncc(C)cn1)[C@H](C)S(C)(=O)=O. The number of nitrogens with zero attached hydrogens (tertiary/aromatic N) is 2. The molecule has 0 saturated carbocycles. The lowest BCUT2D eigenvalue weighted by Crippen LogP contribution is -2.29. The number of sulfone groups is 1. The first kappa shape index (κ1) is 16.0. The van der Waals surface area contributed by atoms with Crippen molar-refractivity contribution >= 4 is 9.84 Å². The summed E-state index contributed by atoms with van der Waals surface area (Å²) in [4.78, 5) is 8.30. The van der Waals surface area contributed by atoms with E-state index in [9.17, 15) is 8.42 Å². The molecular weight excluding hydrogens is 268 g/mol. The highest BCUT2D eigenvalue weighted by Crippen LogP contribution is 2.22. The van der Waals surface area contributed by atoms with Crippen molar-refractivity contribution < 1.29 is 17.9 Å². The number of rotatable bonds is 7. The fraction of sp³-hybridized carbons (Fsp3) is 0.667. The highest BCUT2D eigenvalue weighted by Gasteiger charge is 2.30. The first-order valence-corrected chi connectivity index (χ1v) is 7.89. The summed E-state index contributed by atoms with van der Waals surface area (Å²) in [5, 5.41) is -0.716. The van der Waals surface area contributed by atoms with Crippen LogP contribution in [0.4, 0.5) is 0 Å². The average Bonchev–Trinajstić information content (AvgIpc) is 2.34. The Labute approximate surface area is 114 Å². The van der Waals surface area contributed by atoms with E-state index < -0.39 is 21.2 Å². The maximum absolute atomic E-state index is 11.7. The lowest BCUT2D eigenvalue weighted by Gasteiger charge is -2.21. The molecule has 0 fully saturated rings. The Hall–Kier alpha value is -1.05. The molecule has 1 heterocycles. The van der Waals surface area contributed by atoms with Crippen LogP contribution in [0, 0.1) is 6.92 Å². The van der Waals surface area contributed by atoms with E-state index in [1.165, 1.54) is 6.26 Å². The third-order valence-corrected chi connectivity index (χ3v) is 4.34. The van der Waals surface area contributed by atoms with Crippen molar-refractivity contribution in [2.75, 3.05) is 26.6 Å². The minimum Gasteiger partial charge on any atom is -0.382 e. The Morgan fingerprint density at radius 2 is 1.84 bits per heavy atom. The summed E-state index contributed by atoms with van der Waals surface area (Å²) in [6.07, 6.45) is 3.78. The van der Waals surface area contributed by atoms with Gasteiger partial charge in [-0.2, -0.15) is 0 Å². The second kappa shape index (κ2) is 6.93. The molecule has 0 unspecified atom stereocenters. The molecule has 108 valence electrons. The molecule has 0 aliphatic heterocycles. The molecule has 19 heavy (non-hydrogen) atoms. The quantitative estimate of drug-likeness (QED) is 0.694. The summed E-state index contributed by atoms with van der Waals surface area (Å²) in [6.45, 7) is 4.14. The lowest BCUT2D eigenvalue weighted by molar-refractivity contribution is 0.0119. The minimum atomic E-state index is -3.24. The first-order chi connectivity index (χ1) is 8.86. The summed E-state index contributed by atoms with van der Waals surface area (Å²) in [5.74, 6) is 0.375. The zero-order valence-corrected chi connectivity index (χ0v) is 12.5. The van der Waals surface area contributed by atoms with E-state index in [4.69, 9.17) is 9.47 Å². The first-order valence-electron chi connectivity index (χ1n) is 5.94. The number of methoxy groups -OCH3 is 1. The van der Waals surface area contributed by atoms with Crippen LogP contribution in [0.1, 0.15) is 24.4 Å². The van der Waals surface area contributed by atoms with Crippen LogP contribution < -0.4 is 0 Å². The van der Waals surface area contributed by atoms with Crippen LogP contribution in [0.2, 0.25) is 0 Å². The van der Waals surface area contributed by atoms with E-state index in [-0.39, 0.29) is 6.61 Å². The van der Waals surface area contributed by atoms with E-state index in [1.807, 2.05) is 6.92 Å². The van der Waals surface area contributed by atoms with Crippen molar-refractivity contribution in [1.82, 2.24) is 9.97 Å². The van der Waals surface area contributed by atoms with Crippen LogP contribution in [-0.4, -0.2) is 50.2 Å². The summed E-state index contributed by atoms with van der Waals surface area (Å²) in [7, 11) is -1.69. The summed E-state index contributed by atoms with van der Waals surface area (Å²) < 4.78 is 33.8.